The third-order valence-corrected chi connectivity index (χ3v) is 4.51. The number of para-hydroxylation sites is 1. The molecule has 2 aromatic rings. The van der Waals surface area contributed by atoms with Crippen molar-refractivity contribution >= 4 is 28.9 Å². The molecule has 0 saturated carbocycles. The first kappa shape index (κ1) is 17.0. The van der Waals surface area contributed by atoms with E-state index in [9.17, 15) is 14.4 Å². The van der Waals surface area contributed by atoms with Gasteiger partial charge in [-0.3, -0.25) is 14.2 Å². The Morgan fingerprint density at radius 1 is 1.22 bits per heavy atom. The van der Waals surface area contributed by atoms with Crippen LogP contribution in [0.4, 0.5) is 5.69 Å². The lowest BCUT2D eigenvalue weighted by Crippen LogP contribution is -2.26. The first-order chi connectivity index (χ1) is 11.0. The number of anilines is 1. The van der Waals surface area contributed by atoms with Crippen LogP contribution in [0.25, 0.3) is 0 Å². The minimum absolute atomic E-state index is 0.000687. The van der Waals surface area contributed by atoms with E-state index in [0.717, 1.165) is 12.0 Å². The van der Waals surface area contributed by atoms with Crippen LogP contribution >= 0.6 is 11.3 Å². The number of benzene rings is 1. The third-order valence-electron chi connectivity index (χ3n) is 3.50. The predicted molar refractivity (Wildman–Crippen MR) is 89.4 cm³/mol. The number of carboxylic acid groups (broad SMARTS) is 1. The van der Waals surface area contributed by atoms with E-state index in [1.807, 2.05) is 25.1 Å². The molecule has 2 N–H and O–H groups in total. The molecule has 1 aromatic carbocycles. The van der Waals surface area contributed by atoms with Gasteiger partial charge < -0.3 is 10.4 Å². The lowest BCUT2D eigenvalue weighted by Gasteiger charge is -2.11. The number of aromatic nitrogens is 1. The Labute approximate surface area is 137 Å². The second kappa shape index (κ2) is 7.23. The van der Waals surface area contributed by atoms with Crippen molar-refractivity contribution in [2.45, 2.75) is 33.2 Å². The molecule has 0 aliphatic carbocycles. The van der Waals surface area contributed by atoms with Crippen LogP contribution in [0.1, 0.15) is 34.8 Å². The molecule has 0 aliphatic heterocycles. The van der Waals surface area contributed by atoms with Gasteiger partial charge in [-0.05, 0) is 24.5 Å². The largest absolute Gasteiger partial charge is 0.477 e. The summed E-state index contributed by atoms with van der Waals surface area (Å²) in [5, 5.41) is 11.9. The summed E-state index contributed by atoms with van der Waals surface area (Å²) in [6.45, 7) is 3.56. The molecule has 0 saturated heterocycles. The van der Waals surface area contributed by atoms with E-state index in [0.29, 0.717) is 29.1 Å². The molecule has 0 spiro atoms. The fourth-order valence-electron chi connectivity index (χ4n) is 2.40. The van der Waals surface area contributed by atoms with Gasteiger partial charge in [0.2, 0.25) is 5.91 Å². The van der Waals surface area contributed by atoms with Crippen molar-refractivity contribution in [2.24, 2.45) is 0 Å². The number of aryl methyl sites for hydroxylation is 1. The van der Waals surface area contributed by atoms with Crippen LogP contribution in [0, 0.1) is 0 Å². The van der Waals surface area contributed by atoms with E-state index in [-0.39, 0.29) is 17.3 Å². The summed E-state index contributed by atoms with van der Waals surface area (Å²) in [7, 11) is 0. The Hall–Kier alpha value is -2.41. The van der Waals surface area contributed by atoms with Gasteiger partial charge in [-0.25, -0.2) is 4.79 Å². The van der Waals surface area contributed by atoms with Crippen LogP contribution < -0.4 is 10.2 Å². The highest BCUT2D eigenvalue weighted by Crippen LogP contribution is 2.17. The molecule has 0 unspecified atom stereocenters. The van der Waals surface area contributed by atoms with Crippen molar-refractivity contribution < 1.29 is 14.7 Å². The maximum Gasteiger partial charge on any atom is 0.347 e. The lowest BCUT2D eigenvalue weighted by molar-refractivity contribution is -0.116. The molecule has 1 heterocycles. The van der Waals surface area contributed by atoms with Gasteiger partial charge in [0.05, 0.1) is 0 Å². The Kier molecular flexibility index (Phi) is 5.33. The fourth-order valence-corrected chi connectivity index (χ4v) is 3.32. The minimum atomic E-state index is -1.14. The number of nitrogens with one attached hydrogen (secondary N) is 1. The molecule has 0 radical (unpaired) electrons. The van der Waals surface area contributed by atoms with Crippen molar-refractivity contribution in [3.8, 4) is 0 Å². The zero-order valence-electron chi connectivity index (χ0n) is 13.0. The van der Waals surface area contributed by atoms with Gasteiger partial charge in [-0.15, -0.1) is 0 Å². The highest BCUT2D eigenvalue weighted by atomic mass is 32.1. The van der Waals surface area contributed by atoms with Crippen LogP contribution in [-0.4, -0.2) is 21.6 Å². The third kappa shape index (κ3) is 3.68. The fraction of sp³-hybridized carbons (Fsp3) is 0.312. The number of carbonyl (C=O) groups excluding carboxylic acids is 1. The second-order valence-electron chi connectivity index (χ2n) is 4.95. The molecule has 1 aromatic heterocycles. The predicted octanol–water partition coefficient (Wildman–Crippen LogP) is 2.37. The zero-order valence-corrected chi connectivity index (χ0v) is 13.8. The number of amides is 1. The number of nitrogens with zero attached hydrogens (tertiary/aromatic N) is 1. The maximum atomic E-state index is 12.2. The summed E-state index contributed by atoms with van der Waals surface area (Å²) < 4.78 is 1.23. The molecular weight excluding hydrogens is 316 g/mol. The van der Waals surface area contributed by atoms with Gasteiger partial charge in [-0.1, -0.05) is 43.4 Å². The van der Waals surface area contributed by atoms with E-state index in [1.54, 1.807) is 13.0 Å². The molecule has 6 nitrogen and oxygen atoms in total. The Bertz CT molecular complexity index is 792. The van der Waals surface area contributed by atoms with Crippen molar-refractivity contribution in [2.75, 3.05) is 5.32 Å². The molecule has 0 bridgehead atoms. The van der Waals surface area contributed by atoms with Crippen LogP contribution in [0.2, 0.25) is 0 Å². The molecule has 1 amide bonds. The number of aromatic carboxylic acids is 1. The molecule has 122 valence electrons. The first-order valence-electron chi connectivity index (χ1n) is 7.31. The lowest BCUT2D eigenvalue weighted by atomic mass is 10.1. The topological polar surface area (TPSA) is 88.4 Å². The van der Waals surface area contributed by atoms with E-state index < -0.39 is 10.8 Å². The van der Waals surface area contributed by atoms with Gasteiger partial charge in [-0.2, -0.15) is 0 Å². The number of rotatable bonds is 6. The SMILES string of the molecule is CCc1ccccc1NC(=O)Cn1c(CC)c(C(=O)O)sc1=O. The Balaban J connectivity index is 2.24. The van der Waals surface area contributed by atoms with Crippen molar-refractivity contribution in [1.29, 1.82) is 0 Å². The molecule has 2 rings (SSSR count). The van der Waals surface area contributed by atoms with Gasteiger partial charge in [0.15, 0.2) is 0 Å². The Morgan fingerprint density at radius 3 is 2.52 bits per heavy atom. The number of carbonyl (C=O) groups is 2. The number of carboxylic acids is 1. The van der Waals surface area contributed by atoms with Crippen LogP contribution in [-0.2, 0) is 24.2 Å². The summed E-state index contributed by atoms with van der Waals surface area (Å²) in [6, 6.07) is 7.45. The normalized spacial score (nSPS) is 10.5. The Morgan fingerprint density at radius 2 is 1.91 bits per heavy atom. The summed E-state index contributed by atoms with van der Waals surface area (Å²) in [5.74, 6) is -1.49. The second-order valence-corrected chi connectivity index (χ2v) is 5.91. The standard InChI is InChI=1S/C16H18N2O4S/c1-3-10-7-5-6-8-11(10)17-13(19)9-18-12(4-2)14(15(20)21)23-16(18)22/h5-8H,3-4,9H2,1-2H3,(H,17,19)(H,20,21). The minimum Gasteiger partial charge on any atom is -0.477 e. The van der Waals surface area contributed by atoms with Crippen LogP contribution in [0.3, 0.4) is 0 Å². The summed E-state index contributed by atoms with van der Waals surface area (Å²) in [5.41, 5.74) is 2.09. The zero-order chi connectivity index (χ0) is 17.0. The quantitative estimate of drug-likeness (QED) is 0.849. The van der Waals surface area contributed by atoms with Crippen LogP contribution in [0.15, 0.2) is 29.1 Å². The summed E-state index contributed by atoms with van der Waals surface area (Å²) in [4.78, 5) is 34.9. The molecule has 0 atom stereocenters. The average molecular weight is 334 g/mol. The van der Waals surface area contributed by atoms with Crippen LogP contribution in [0.5, 0.6) is 0 Å². The highest BCUT2D eigenvalue weighted by Gasteiger charge is 2.20. The van der Waals surface area contributed by atoms with E-state index >= 15 is 0 Å². The van der Waals surface area contributed by atoms with Crippen molar-refractivity contribution in [3.63, 3.8) is 0 Å². The molecule has 23 heavy (non-hydrogen) atoms. The number of thiazole rings is 1. The van der Waals surface area contributed by atoms with Gasteiger partial charge in [0, 0.05) is 11.4 Å². The van der Waals surface area contributed by atoms with E-state index in [4.69, 9.17) is 5.11 Å². The molecule has 0 fully saturated rings. The monoisotopic (exact) mass is 334 g/mol. The smallest absolute Gasteiger partial charge is 0.347 e. The van der Waals surface area contributed by atoms with Crippen molar-refractivity contribution in [3.05, 3.63) is 50.1 Å². The van der Waals surface area contributed by atoms with Gasteiger partial charge >= 0.3 is 10.8 Å². The maximum absolute atomic E-state index is 12.2. The number of hydrogen-bond acceptors (Lipinski definition) is 4. The van der Waals surface area contributed by atoms with E-state index in [2.05, 4.69) is 5.32 Å². The first-order valence-corrected chi connectivity index (χ1v) is 8.13. The average Bonchev–Trinajstić information content (AvgIpc) is 2.84. The van der Waals surface area contributed by atoms with E-state index in [1.165, 1.54) is 4.57 Å². The van der Waals surface area contributed by atoms with Crippen molar-refractivity contribution in [1.82, 2.24) is 4.57 Å². The summed E-state index contributed by atoms with van der Waals surface area (Å²) in [6.07, 6.45) is 1.15. The van der Waals surface area contributed by atoms with Gasteiger partial charge in [0.1, 0.15) is 11.4 Å². The van der Waals surface area contributed by atoms with Gasteiger partial charge in [0.25, 0.3) is 0 Å². The highest BCUT2D eigenvalue weighted by molar-refractivity contribution is 7.11. The molecule has 0 aliphatic rings. The number of hydrogen-bond donors (Lipinski definition) is 2. The summed E-state index contributed by atoms with van der Waals surface area (Å²) >= 11 is 0.657. The molecule has 7 heteroatoms. The molecular formula is C16H18N2O4S.